The Hall–Kier alpha value is 0.490. The van der Waals surface area contributed by atoms with Crippen LogP contribution >= 0.6 is 55.0 Å². The summed E-state index contributed by atoms with van der Waals surface area (Å²) >= 11 is 10.7. The molecule has 0 nitrogen and oxygen atoms in total. The molecular weight excluding hydrogens is 344 g/mol. The van der Waals surface area contributed by atoms with Crippen molar-refractivity contribution >= 4 is 65.0 Å². The van der Waals surface area contributed by atoms with Crippen molar-refractivity contribution in [3.8, 4) is 0 Å². The van der Waals surface area contributed by atoms with Gasteiger partial charge in [0.25, 0.3) is 0 Å². The number of hydrogen-bond acceptors (Lipinski definition) is 2. The second kappa shape index (κ2) is 4.56. The van der Waals surface area contributed by atoms with Crippen molar-refractivity contribution in [3.63, 3.8) is 0 Å². The molecule has 1 heterocycles. The predicted octanol–water partition coefficient (Wildman–Crippen LogP) is 5.28. The Kier molecular flexibility index (Phi) is 3.58. The number of halogens is 2. The van der Waals surface area contributed by atoms with Gasteiger partial charge in [-0.3, -0.25) is 0 Å². The molecule has 0 aliphatic rings. The van der Waals surface area contributed by atoms with Gasteiger partial charge in [-0.1, -0.05) is 31.9 Å². The van der Waals surface area contributed by atoms with Gasteiger partial charge >= 0.3 is 0 Å². The minimum Gasteiger partial charge on any atom is -0.138 e. The van der Waals surface area contributed by atoms with E-state index in [-0.39, 0.29) is 0 Å². The minimum atomic E-state index is 0.942. The first kappa shape index (κ1) is 11.0. The van der Waals surface area contributed by atoms with E-state index in [9.17, 15) is 0 Å². The summed E-state index contributed by atoms with van der Waals surface area (Å²) in [5.74, 6) is 0. The van der Waals surface area contributed by atoms with Gasteiger partial charge in [-0.25, -0.2) is 0 Å². The van der Waals surface area contributed by atoms with Gasteiger partial charge in [-0.05, 0) is 29.8 Å². The topological polar surface area (TPSA) is 0 Å². The van der Waals surface area contributed by atoms with Crippen molar-refractivity contribution in [1.82, 2.24) is 0 Å². The summed E-state index contributed by atoms with van der Waals surface area (Å²) < 4.78 is 2.56. The SMILES string of the molecule is CSc1cc(Br)cc2cc(CBr)sc12. The van der Waals surface area contributed by atoms with E-state index in [0.29, 0.717) is 0 Å². The predicted molar refractivity (Wildman–Crippen MR) is 73.9 cm³/mol. The maximum absolute atomic E-state index is 3.53. The van der Waals surface area contributed by atoms with Crippen molar-refractivity contribution in [3.05, 3.63) is 27.5 Å². The molecule has 2 aromatic rings. The van der Waals surface area contributed by atoms with E-state index in [1.165, 1.54) is 19.9 Å². The number of benzene rings is 1. The van der Waals surface area contributed by atoms with Crippen molar-refractivity contribution in [2.75, 3.05) is 6.26 Å². The number of rotatable bonds is 2. The summed E-state index contributed by atoms with van der Waals surface area (Å²) in [6.45, 7) is 0. The second-order valence-corrected chi connectivity index (χ2v) is 6.33. The first-order chi connectivity index (χ1) is 6.74. The Balaban J connectivity index is 2.71. The fourth-order valence-electron chi connectivity index (χ4n) is 1.36. The normalized spacial score (nSPS) is 11.1. The Morgan fingerprint density at radius 2 is 2.14 bits per heavy atom. The van der Waals surface area contributed by atoms with Crippen LogP contribution in [0.4, 0.5) is 0 Å². The van der Waals surface area contributed by atoms with Crippen molar-refractivity contribution in [2.24, 2.45) is 0 Å². The lowest BCUT2D eigenvalue weighted by Crippen LogP contribution is -1.71. The Bertz CT molecular complexity index is 462. The molecule has 2 rings (SSSR count). The summed E-state index contributed by atoms with van der Waals surface area (Å²) in [6.07, 6.45) is 2.12. The molecule has 0 aliphatic heterocycles. The van der Waals surface area contributed by atoms with Gasteiger partial charge in [0.2, 0.25) is 0 Å². The fraction of sp³-hybridized carbons (Fsp3) is 0.200. The average Bonchev–Trinajstić information content (AvgIpc) is 2.59. The fourth-order valence-corrected chi connectivity index (χ4v) is 4.31. The molecule has 0 N–H and O–H groups in total. The van der Waals surface area contributed by atoms with E-state index in [1.54, 1.807) is 11.8 Å². The standard InChI is InChI=1S/C10H8Br2S2/c1-13-9-4-7(12)2-6-3-8(5-11)14-10(6)9/h2-4H,5H2,1H3. The zero-order chi connectivity index (χ0) is 10.1. The third-order valence-electron chi connectivity index (χ3n) is 1.95. The molecule has 0 radical (unpaired) electrons. The number of thioether (sulfide) groups is 1. The van der Waals surface area contributed by atoms with Crippen LogP contribution in [-0.2, 0) is 5.33 Å². The molecule has 0 fully saturated rings. The second-order valence-electron chi connectivity index (χ2n) is 2.87. The van der Waals surface area contributed by atoms with Crippen LogP contribution in [0.25, 0.3) is 10.1 Å². The average molecular weight is 352 g/mol. The summed E-state index contributed by atoms with van der Waals surface area (Å²) in [4.78, 5) is 2.74. The van der Waals surface area contributed by atoms with Gasteiger partial charge in [0.1, 0.15) is 0 Å². The minimum absolute atomic E-state index is 0.942. The van der Waals surface area contributed by atoms with E-state index in [4.69, 9.17) is 0 Å². The molecule has 1 aromatic carbocycles. The van der Waals surface area contributed by atoms with E-state index < -0.39 is 0 Å². The van der Waals surface area contributed by atoms with E-state index in [0.717, 1.165) is 9.80 Å². The van der Waals surface area contributed by atoms with Crippen LogP contribution in [-0.4, -0.2) is 6.26 Å². The van der Waals surface area contributed by atoms with E-state index >= 15 is 0 Å². The summed E-state index contributed by atoms with van der Waals surface area (Å²) in [5.41, 5.74) is 0. The first-order valence-electron chi connectivity index (χ1n) is 4.06. The summed E-state index contributed by atoms with van der Waals surface area (Å²) in [5, 5.41) is 2.28. The van der Waals surface area contributed by atoms with Gasteiger partial charge in [0.05, 0.1) is 0 Å². The lowest BCUT2D eigenvalue weighted by atomic mass is 10.2. The zero-order valence-electron chi connectivity index (χ0n) is 7.51. The maximum Gasteiger partial charge on any atom is 0.0482 e. The van der Waals surface area contributed by atoms with Crippen LogP contribution in [0.3, 0.4) is 0 Å². The highest BCUT2D eigenvalue weighted by Crippen LogP contribution is 2.36. The Morgan fingerprint density at radius 3 is 2.79 bits per heavy atom. The highest BCUT2D eigenvalue weighted by molar-refractivity contribution is 9.10. The molecular formula is C10H8Br2S2. The molecule has 0 spiro atoms. The lowest BCUT2D eigenvalue weighted by molar-refractivity contribution is 1.55. The van der Waals surface area contributed by atoms with Crippen LogP contribution in [0.2, 0.25) is 0 Å². The highest BCUT2D eigenvalue weighted by atomic mass is 79.9. The summed E-state index contributed by atoms with van der Waals surface area (Å²) in [7, 11) is 0. The maximum atomic E-state index is 3.53. The van der Waals surface area contributed by atoms with Crippen LogP contribution < -0.4 is 0 Å². The van der Waals surface area contributed by atoms with Crippen LogP contribution in [0.1, 0.15) is 4.88 Å². The zero-order valence-corrected chi connectivity index (χ0v) is 12.3. The summed E-state index contributed by atoms with van der Waals surface area (Å²) in [6, 6.07) is 6.61. The van der Waals surface area contributed by atoms with E-state index in [2.05, 4.69) is 56.3 Å². The van der Waals surface area contributed by atoms with Gasteiger partial charge in [0.15, 0.2) is 0 Å². The molecule has 0 unspecified atom stereocenters. The number of hydrogen-bond donors (Lipinski definition) is 0. The molecule has 0 aliphatic carbocycles. The third-order valence-corrected chi connectivity index (χ3v) is 5.46. The quantitative estimate of drug-likeness (QED) is 0.523. The van der Waals surface area contributed by atoms with Gasteiger partial charge in [-0.2, -0.15) is 0 Å². The van der Waals surface area contributed by atoms with Crippen molar-refractivity contribution < 1.29 is 0 Å². The lowest BCUT2D eigenvalue weighted by Gasteiger charge is -1.99. The molecule has 0 atom stereocenters. The first-order valence-corrected chi connectivity index (χ1v) is 8.02. The molecule has 0 saturated heterocycles. The third kappa shape index (κ3) is 2.03. The van der Waals surface area contributed by atoms with Crippen LogP contribution in [0.15, 0.2) is 27.6 Å². The molecule has 4 heteroatoms. The van der Waals surface area contributed by atoms with Gasteiger partial charge in [-0.15, -0.1) is 23.1 Å². The molecule has 0 bridgehead atoms. The van der Waals surface area contributed by atoms with Crippen molar-refractivity contribution in [2.45, 2.75) is 10.2 Å². The monoisotopic (exact) mass is 350 g/mol. The molecule has 1 aromatic heterocycles. The number of fused-ring (bicyclic) bond motifs is 1. The smallest absolute Gasteiger partial charge is 0.0482 e. The van der Waals surface area contributed by atoms with Gasteiger partial charge in [0, 0.05) is 24.3 Å². The van der Waals surface area contributed by atoms with E-state index in [1.807, 2.05) is 11.3 Å². The van der Waals surface area contributed by atoms with Crippen LogP contribution in [0.5, 0.6) is 0 Å². The molecule has 0 saturated carbocycles. The highest BCUT2D eigenvalue weighted by Gasteiger charge is 2.06. The number of thiophene rings is 1. The number of alkyl halides is 1. The molecule has 14 heavy (non-hydrogen) atoms. The Morgan fingerprint density at radius 1 is 1.36 bits per heavy atom. The van der Waals surface area contributed by atoms with Crippen LogP contribution in [0, 0.1) is 0 Å². The molecule has 74 valence electrons. The largest absolute Gasteiger partial charge is 0.138 e. The van der Waals surface area contributed by atoms with Crippen molar-refractivity contribution in [1.29, 1.82) is 0 Å². The molecule has 0 amide bonds. The van der Waals surface area contributed by atoms with Gasteiger partial charge < -0.3 is 0 Å². The Labute approximate surface area is 108 Å².